The number of carboxylic acid groups (broad SMARTS) is 1. The number of rotatable bonds is 7. The van der Waals surface area contributed by atoms with Crippen LogP contribution in [0.4, 0.5) is 14.6 Å². The monoisotopic (exact) mass is 389 g/mol. The topological polar surface area (TPSA) is 75.1 Å². The fourth-order valence-electron chi connectivity index (χ4n) is 2.67. The maximum atomic E-state index is 13.7. The van der Waals surface area contributed by atoms with Crippen molar-refractivity contribution < 1.29 is 18.7 Å². The maximum Gasteiger partial charge on any atom is 0.346 e. The first-order valence-corrected chi connectivity index (χ1v) is 9.16. The number of anilines is 1. The van der Waals surface area contributed by atoms with E-state index in [-0.39, 0.29) is 12.0 Å². The third-order valence-corrected chi connectivity index (χ3v) is 5.23. The predicted octanol–water partition coefficient (Wildman–Crippen LogP) is 4.40. The highest BCUT2D eigenvalue weighted by atomic mass is 32.1. The Morgan fingerprint density at radius 1 is 1.22 bits per heavy atom. The molecule has 0 amide bonds. The highest BCUT2D eigenvalue weighted by Crippen LogP contribution is 2.31. The van der Waals surface area contributed by atoms with E-state index in [0.717, 1.165) is 21.8 Å². The van der Waals surface area contributed by atoms with Crippen LogP contribution in [-0.4, -0.2) is 27.6 Å². The summed E-state index contributed by atoms with van der Waals surface area (Å²) in [5.41, 5.74) is 1.37. The zero-order chi connectivity index (χ0) is 19.4. The van der Waals surface area contributed by atoms with Crippen molar-refractivity contribution in [2.24, 2.45) is 0 Å². The van der Waals surface area contributed by atoms with Crippen molar-refractivity contribution in [1.29, 1.82) is 0 Å². The van der Waals surface area contributed by atoms with Crippen LogP contribution < -0.4 is 5.32 Å². The molecule has 0 saturated carbocycles. The second kappa shape index (κ2) is 8.22. The lowest BCUT2D eigenvalue weighted by Gasteiger charge is -2.08. The van der Waals surface area contributed by atoms with Crippen molar-refractivity contribution in [2.75, 3.05) is 11.9 Å². The van der Waals surface area contributed by atoms with Gasteiger partial charge in [0.25, 0.3) is 0 Å². The van der Waals surface area contributed by atoms with E-state index in [0.29, 0.717) is 29.4 Å². The van der Waals surface area contributed by atoms with Gasteiger partial charge in [-0.3, -0.25) is 0 Å². The molecule has 1 aromatic carbocycles. The Bertz CT molecular complexity index is 955. The van der Waals surface area contributed by atoms with Crippen molar-refractivity contribution in [3.05, 3.63) is 64.3 Å². The van der Waals surface area contributed by atoms with Gasteiger partial charge in [0.05, 0.1) is 10.6 Å². The van der Waals surface area contributed by atoms with Gasteiger partial charge in [-0.15, -0.1) is 11.3 Å². The Balaban J connectivity index is 1.73. The Kier molecular flexibility index (Phi) is 5.75. The van der Waals surface area contributed by atoms with Crippen molar-refractivity contribution in [2.45, 2.75) is 19.8 Å². The summed E-state index contributed by atoms with van der Waals surface area (Å²) in [6.07, 6.45) is 2.15. The molecule has 0 unspecified atom stereocenters. The molecule has 0 aliphatic rings. The standard InChI is InChI=1S/C19H17F2N3O2S/c1-2-11-8-16(27-18(11)19(25)26)15-9-17(24-10-23-15)22-7-6-12-13(20)4-3-5-14(12)21/h3-5,8-10H,2,6-7H2,1H3,(H,25,26)(H,22,23,24). The molecule has 3 aromatic rings. The summed E-state index contributed by atoms with van der Waals surface area (Å²) in [4.78, 5) is 20.7. The van der Waals surface area contributed by atoms with Gasteiger partial charge in [-0.25, -0.2) is 23.5 Å². The molecule has 2 N–H and O–H groups in total. The highest BCUT2D eigenvalue weighted by molar-refractivity contribution is 7.17. The molecular weight excluding hydrogens is 372 g/mol. The van der Waals surface area contributed by atoms with E-state index in [4.69, 9.17) is 0 Å². The first-order valence-electron chi connectivity index (χ1n) is 8.34. The molecule has 2 heterocycles. The zero-order valence-corrected chi connectivity index (χ0v) is 15.3. The number of halogens is 2. The molecule has 0 bridgehead atoms. The Labute approximate surface area is 158 Å². The quantitative estimate of drug-likeness (QED) is 0.627. The molecule has 8 heteroatoms. The van der Waals surface area contributed by atoms with Gasteiger partial charge >= 0.3 is 5.97 Å². The third kappa shape index (κ3) is 4.28. The molecule has 0 saturated heterocycles. The number of hydrogen-bond acceptors (Lipinski definition) is 5. The van der Waals surface area contributed by atoms with Gasteiger partial charge in [-0.1, -0.05) is 13.0 Å². The minimum Gasteiger partial charge on any atom is -0.477 e. The van der Waals surface area contributed by atoms with E-state index >= 15 is 0 Å². The third-order valence-electron chi connectivity index (χ3n) is 4.05. The number of thiophene rings is 1. The number of aromatic nitrogens is 2. The van der Waals surface area contributed by atoms with E-state index in [9.17, 15) is 18.7 Å². The average molecular weight is 389 g/mol. The summed E-state index contributed by atoms with van der Waals surface area (Å²) in [6.45, 7) is 2.19. The number of hydrogen-bond donors (Lipinski definition) is 2. The summed E-state index contributed by atoms with van der Waals surface area (Å²) in [5.74, 6) is -1.61. The lowest BCUT2D eigenvalue weighted by Crippen LogP contribution is -2.09. The van der Waals surface area contributed by atoms with E-state index in [1.165, 1.54) is 24.5 Å². The molecular formula is C19H17F2N3O2S. The van der Waals surface area contributed by atoms with Crippen LogP contribution in [0.3, 0.4) is 0 Å². The fourth-order valence-corrected chi connectivity index (χ4v) is 3.73. The van der Waals surface area contributed by atoms with Gasteiger partial charge in [-0.2, -0.15) is 0 Å². The summed E-state index contributed by atoms with van der Waals surface area (Å²) in [7, 11) is 0. The van der Waals surface area contributed by atoms with Crippen LogP contribution in [-0.2, 0) is 12.8 Å². The molecule has 2 aromatic heterocycles. The normalized spacial score (nSPS) is 10.8. The number of carboxylic acids is 1. The Morgan fingerprint density at radius 2 is 1.96 bits per heavy atom. The van der Waals surface area contributed by atoms with Crippen molar-refractivity contribution in [3.8, 4) is 10.6 Å². The van der Waals surface area contributed by atoms with Crippen LogP contribution in [0.5, 0.6) is 0 Å². The number of aromatic carboxylic acids is 1. The first kappa shape index (κ1) is 18.9. The largest absolute Gasteiger partial charge is 0.477 e. The second-order valence-corrected chi connectivity index (χ2v) is 6.84. The van der Waals surface area contributed by atoms with Crippen LogP contribution in [0.1, 0.15) is 27.7 Å². The molecule has 140 valence electrons. The second-order valence-electron chi connectivity index (χ2n) is 5.79. The fraction of sp³-hybridized carbons (Fsp3) is 0.211. The summed E-state index contributed by atoms with van der Waals surface area (Å²) in [6, 6.07) is 7.28. The van der Waals surface area contributed by atoms with Crippen LogP contribution in [0.25, 0.3) is 10.6 Å². The van der Waals surface area contributed by atoms with Gasteiger partial charge in [-0.05, 0) is 36.6 Å². The van der Waals surface area contributed by atoms with Crippen LogP contribution in [0.15, 0.2) is 36.7 Å². The molecule has 27 heavy (non-hydrogen) atoms. The Morgan fingerprint density at radius 3 is 2.59 bits per heavy atom. The van der Waals surface area contributed by atoms with Crippen molar-refractivity contribution >= 4 is 23.1 Å². The lowest BCUT2D eigenvalue weighted by molar-refractivity contribution is 0.0701. The first-order chi connectivity index (χ1) is 13.0. The Hall–Kier alpha value is -2.87. The number of nitrogens with zero attached hydrogens (tertiary/aromatic N) is 2. The molecule has 0 aliphatic carbocycles. The van der Waals surface area contributed by atoms with Gasteiger partial charge in [0, 0.05) is 18.2 Å². The zero-order valence-electron chi connectivity index (χ0n) is 14.5. The van der Waals surface area contributed by atoms with E-state index in [1.807, 2.05) is 13.0 Å². The van der Waals surface area contributed by atoms with E-state index < -0.39 is 17.6 Å². The SMILES string of the molecule is CCc1cc(-c2cc(NCCc3c(F)cccc3F)ncn2)sc1C(=O)O. The minimum absolute atomic E-state index is 0.0243. The molecule has 5 nitrogen and oxygen atoms in total. The summed E-state index contributed by atoms with van der Waals surface area (Å²) < 4.78 is 27.3. The molecule has 0 spiro atoms. The van der Waals surface area contributed by atoms with E-state index in [1.54, 1.807) is 6.07 Å². The molecule has 0 atom stereocenters. The van der Waals surface area contributed by atoms with Crippen LogP contribution in [0, 0.1) is 11.6 Å². The van der Waals surface area contributed by atoms with Crippen molar-refractivity contribution in [3.63, 3.8) is 0 Å². The number of benzene rings is 1. The van der Waals surface area contributed by atoms with E-state index in [2.05, 4.69) is 15.3 Å². The highest BCUT2D eigenvalue weighted by Gasteiger charge is 2.16. The number of aryl methyl sites for hydroxylation is 1. The van der Waals surface area contributed by atoms with Gasteiger partial charge < -0.3 is 10.4 Å². The average Bonchev–Trinajstić information content (AvgIpc) is 3.09. The summed E-state index contributed by atoms with van der Waals surface area (Å²) >= 11 is 1.16. The minimum atomic E-state index is -0.956. The van der Waals surface area contributed by atoms with Gasteiger partial charge in [0.15, 0.2) is 0 Å². The molecule has 0 aliphatic heterocycles. The number of nitrogens with one attached hydrogen (secondary N) is 1. The van der Waals surface area contributed by atoms with Crippen LogP contribution in [0.2, 0.25) is 0 Å². The molecule has 3 rings (SSSR count). The molecule has 0 radical (unpaired) electrons. The number of carbonyl (C=O) groups is 1. The summed E-state index contributed by atoms with van der Waals surface area (Å²) in [5, 5.41) is 12.3. The van der Waals surface area contributed by atoms with Crippen LogP contribution >= 0.6 is 11.3 Å². The van der Waals surface area contributed by atoms with Gasteiger partial charge in [0.2, 0.25) is 0 Å². The predicted molar refractivity (Wildman–Crippen MR) is 100 cm³/mol. The molecule has 0 fully saturated rings. The van der Waals surface area contributed by atoms with Crippen molar-refractivity contribution in [1.82, 2.24) is 9.97 Å². The maximum absolute atomic E-state index is 13.7. The lowest BCUT2D eigenvalue weighted by atomic mass is 10.1. The smallest absolute Gasteiger partial charge is 0.346 e. The van der Waals surface area contributed by atoms with Gasteiger partial charge in [0.1, 0.15) is 28.7 Å².